The fraction of sp³-hybridized carbons (Fsp3) is 0.316. The highest BCUT2D eigenvalue weighted by Gasteiger charge is 2.14. The number of rotatable bonds is 9. The Bertz CT molecular complexity index is 794. The second-order valence-electron chi connectivity index (χ2n) is 5.89. The fourth-order valence-electron chi connectivity index (χ4n) is 2.30. The van der Waals surface area contributed by atoms with Gasteiger partial charge in [-0.05, 0) is 12.8 Å². The van der Waals surface area contributed by atoms with E-state index >= 15 is 0 Å². The van der Waals surface area contributed by atoms with E-state index in [1.54, 1.807) is 0 Å². The third-order valence-corrected chi connectivity index (χ3v) is 3.69. The van der Waals surface area contributed by atoms with Crippen LogP contribution in [0.4, 0.5) is 26.3 Å². The van der Waals surface area contributed by atoms with Gasteiger partial charge in [0.25, 0.3) is 0 Å². The summed E-state index contributed by atoms with van der Waals surface area (Å²) in [7, 11) is 0. The number of esters is 1. The second kappa shape index (κ2) is 10.0. The van der Waals surface area contributed by atoms with Gasteiger partial charge in [0, 0.05) is 30.7 Å². The number of benzene rings is 2. The third kappa shape index (κ3) is 6.17. The predicted octanol–water partition coefficient (Wildman–Crippen LogP) is 5.46. The summed E-state index contributed by atoms with van der Waals surface area (Å²) in [4.78, 5) is 11.6. The van der Waals surface area contributed by atoms with Gasteiger partial charge in [-0.25, -0.2) is 26.3 Å². The van der Waals surface area contributed by atoms with Crippen molar-refractivity contribution in [3.63, 3.8) is 0 Å². The van der Waals surface area contributed by atoms with Crippen LogP contribution in [0.25, 0.3) is 0 Å². The number of hydrogen-bond acceptors (Lipinski definition) is 3. The molecule has 0 aliphatic rings. The Morgan fingerprint density at radius 3 is 1.68 bits per heavy atom. The van der Waals surface area contributed by atoms with Crippen molar-refractivity contribution in [1.29, 1.82) is 0 Å². The van der Waals surface area contributed by atoms with E-state index in [2.05, 4.69) is 0 Å². The maximum absolute atomic E-state index is 13.0. The van der Waals surface area contributed by atoms with E-state index in [4.69, 9.17) is 9.47 Å². The zero-order chi connectivity index (χ0) is 20.7. The highest BCUT2D eigenvalue weighted by molar-refractivity contribution is 5.72. The highest BCUT2D eigenvalue weighted by atomic mass is 19.2. The van der Waals surface area contributed by atoms with Crippen molar-refractivity contribution in [1.82, 2.24) is 0 Å². The molecule has 28 heavy (non-hydrogen) atoms. The van der Waals surface area contributed by atoms with Gasteiger partial charge in [-0.3, -0.25) is 4.79 Å². The van der Waals surface area contributed by atoms with Crippen molar-refractivity contribution >= 4 is 5.97 Å². The number of carbonyl (C=O) groups is 1. The molecule has 0 fully saturated rings. The van der Waals surface area contributed by atoms with E-state index in [9.17, 15) is 31.1 Å². The normalized spacial score (nSPS) is 10.8. The van der Waals surface area contributed by atoms with Crippen LogP contribution in [0, 0.1) is 34.9 Å². The topological polar surface area (TPSA) is 35.5 Å². The molecule has 0 saturated heterocycles. The largest absolute Gasteiger partial charge is 0.493 e. The molecule has 9 heteroatoms. The van der Waals surface area contributed by atoms with Crippen molar-refractivity contribution in [2.45, 2.75) is 32.1 Å². The molecule has 2 rings (SSSR count). The summed E-state index contributed by atoms with van der Waals surface area (Å²) in [6.07, 6.45) is 2.14. The lowest BCUT2D eigenvalue weighted by atomic mass is 10.1. The molecule has 0 bridgehead atoms. The quantitative estimate of drug-likeness (QED) is 0.183. The number of halogens is 6. The molecular formula is C19H16F6O3. The van der Waals surface area contributed by atoms with E-state index in [1.165, 1.54) is 0 Å². The van der Waals surface area contributed by atoms with Gasteiger partial charge in [0.2, 0.25) is 0 Å². The number of unbranched alkanes of at least 4 members (excludes halogenated alkanes) is 3. The molecule has 2 aromatic carbocycles. The van der Waals surface area contributed by atoms with E-state index in [0.29, 0.717) is 37.8 Å². The van der Waals surface area contributed by atoms with Gasteiger partial charge in [-0.1, -0.05) is 12.8 Å². The summed E-state index contributed by atoms with van der Waals surface area (Å²) >= 11 is 0. The maximum atomic E-state index is 13.0. The molecule has 2 aromatic rings. The zero-order valence-corrected chi connectivity index (χ0v) is 14.5. The first-order valence-electron chi connectivity index (χ1n) is 8.40. The van der Waals surface area contributed by atoms with Crippen LogP contribution in [0.2, 0.25) is 0 Å². The van der Waals surface area contributed by atoms with Crippen LogP contribution >= 0.6 is 0 Å². The average molecular weight is 406 g/mol. The summed E-state index contributed by atoms with van der Waals surface area (Å²) < 4.78 is 87.5. The predicted molar refractivity (Wildman–Crippen MR) is 86.8 cm³/mol. The molecular weight excluding hydrogens is 390 g/mol. The Hall–Kier alpha value is -2.71. The second-order valence-corrected chi connectivity index (χ2v) is 5.89. The van der Waals surface area contributed by atoms with Crippen molar-refractivity contribution in [2.24, 2.45) is 0 Å². The van der Waals surface area contributed by atoms with Crippen LogP contribution < -0.4 is 9.47 Å². The van der Waals surface area contributed by atoms with Crippen LogP contribution in [0.15, 0.2) is 24.3 Å². The van der Waals surface area contributed by atoms with E-state index in [0.717, 1.165) is 12.1 Å². The first-order valence-corrected chi connectivity index (χ1v) is 8.40. The lowest BCUT2D eigenvalue weighted by molar-refractivity contribution is -0.134. The smallest absolute Gasteiger partial charge is 0.311 e. The van der Waals surface area contributed by atoms with E-state index in [-0.39, 0.29) is 18.8 Å². The molecule has 0 radical (unpaired) electrons. The lowest BCUT2D eigenvalue weighted by Gasteiger charge is -2.07. The molecule has 0 amide bonds. The molecule has 0 aromatic heterocycles. The molecule has 0 unspecified atom stereocenters. The van der Waals surface area contributed by atoms with Gasteiger partial charge in [0.15, 0.2) is 34.9 Å². The Balaban J connectivity index is 1.62. The summed E-state index contributed by atoms with van der Waals surface area (Å²) in [5, 5.41) is 0. The Morgan fingerprint density at radius 1 is 0.679 bits per heavy atom. The van der Waals surface area contributed by atoms with Crippen LogP contribution in [-0.4, -0.2) is 12.6 Å². The minimum atomic E-state index is -1.65. The van der Waals surface area contributed by atoms with Crippen molar-refractivity contribution in [2.75, 3.05) is 6.61 Å². The standard InChI is InChI=1S/C19H16F6O3/c20-13-7-11(8-14(21)18(13)24)27-6-4-2-1-3-5-17(26)28-12-9-15(22)19(25)16(23)10-12/h7-10H,1-6H2. The third-order valence-electron chi connectivity index (χ3n) is 3.69. The molecule has 0 aliphatic carbocycles. The van der Waals surface area contributed by atoms with Gasteiger partial charge in [0.1, 0.15) is 11.5 Å². The molecule has 0 saturated carbocycles. The lowest BCUT2D eigenvalue weighted by Crippen LogP contribution is -2.08. The molecule has 0 heterocycles. The van der Waals surface area contributed by atoms with Crippen molar-refractivity contribution in [3.8, 4) is 11.5 Å². The first-order chi connectivity index (χ1) is 13.3. The van der Waals surface area contributed by atoms with Gasteiger partial charge >= 0.3 is 5.97 Å². The first kappa shape index (κ1) is 21.6. The fourth-order valence-corrected chi connectivity index (χ4v) is 2.30. The average Bonchev–Trinajstić information content (AvgIpc) is 2.63. The molecule has 0 spiro atoms. The Kier molecular flexibility index (Phi) is 7.71. The Morgan fingerprint density at radius 2 is 1.14 bits per heavy atom. The van der Waals surface area contributed by atoms with Crippen LogP contribution in [-0.2, 0) is 4.79 Å². The molecule has 3 nitrogen and oxygen atoms in total. The van der Waals surface area contributed by atoms with Gasteiger partial charge in [0.05, 0.1) is 6.61 Å². The van der Waals surface area contributed by atoms with Gasteiger partial charge in [-0.2, -0.15) is 0 Å². The molecule has 0 atom stereocenters. The maximum Gasteiger partial charge on any atom is 0.311 e. The minimum Gasteiger partial charge on any atom is -0.493 e. The SMILES string of the molecule is O=C(CCCCCCOc1cc(F)c(F)c(F)c1)Oc1cc(F)c(F)c(F)c1. The van der Waals surface area contributed by atoms with Crippen LogP contribution in [0.5, 0.6) is 11.5 Å². The van der Waals surface area contributed by atoms with Crippen molar-refractivity contribution in [3.05, 3.63) is 59.2 Å². The zero-order valence-electron chi connectivity index (χ0n) is 14.5. The monoisotopic (exact) mass is 406 g/mol. The summed E-state index contributed by atoms with van der Waals surface area (Å²) in [6.45, 7) is 0.142. The van der Waals surface area contributed by atoms with Crippen molar-refractivity contribution < 1.29 is 40.6 Å². The molecule has 0 aliphatic heterocycles. The Labute approximate surface area is 156 Å². The van der Waals surface area contributed by atoms with Crippen LogP contribution in [0.3, 0.4) is 0 Å². The summed E-state index contributed by atoms with van der Waals surface area (Å²) in [5.74, 6) is -10.1. The highest BCUT2D eigenvalue weighted by Crippen LogP contribution is 2.21. The van der Waals surface area contributed by atoms with E-state index in [1.807, 2.05) is 0 Å². The van der Waals surface area contributed by atoms with Gasteiger partial charge < -0.3 is 9.47 Å². The molecule has 152 valence electrons. The summed E-state index contributed by atoms with van der Waals surface area (Å²) in [6, 6.07) is 2.65. The van der Waals surface area contributed by atoms with Crippen LogP contribution in [0.1, 0.15) is 32.1 Å². The number of hydrogen-bond donors (Lipinski definition) is 0. The van der Waals surface area contributed by atoms with Gasteiger partial charge in [-0.15, -0.1) is 0 Å². The number of ether oxygens (including phenoxy) is 2. The minimum absolute atomic E-state index is 0.0180. The number of carbonyl (C=O) groups excluding carboxylic acids is 1. The molecule has 0 N–H and O–H groups in total. The summed E-state index contributed by atoms with van der Waals surface area (Å²) in [5.41, 5.74) is 0. The van der Waals surface area contributed by atoms with E-state index < -0.39 is 46.6 Å².